The normalized spacial score (nSPS) is 12.1. The topological polar surface area (TPSA) is 38.0 Å². The zero-order chi connectivity index (χ0) is 11.8. The molecule has 0 aliphatic heterocycles. The highest BCUT2D eigenvalue weighted by atomic mass is 14.9. The van der Waals surface area contributed by atoms with Gasteiger partial charge in [-0.15, -0.1) is 0 Å². The lowest BCUT2D eigenvalue weighted by molar-refractivity contribution is 1.07. The Morgan fingerprint density at radius 2 is 2.00 bits per heavy atom. The van der Waals surface area contributed by atoms with Crippen LogP contribution >= 0.6 is 0 Å². The smallest absolute Gasteiger partial charge is 0.0384 e. The molecule has 0 aromatic heterocycles. The maximum absolute atomic E-state index is 5.55. The summed E-state index contributed by atoms with van der Waals surface area (Å²) >= 11 is 0. The van der Waals surface area contributed by atoms with Crippen LogP contribution in [0.15, 0.2) is 48.2 Å². The standard InChI is InChI=1S/C14H20N2/c1-3-5-6-13(4-2)16-14-9-7-12(11-15)8-10-14/h4-10,16H,3,11,15H2,1-2H3/b6-5-,13-4+. The molecule has 0 amide bonds. The van der Waals surface area contributed by atoms with Crippen LogP contribution in [0.4, 0.5) is 5.69 Å². The minimum atomic E-state index is 0.590. The molecule has 0 heterocycles. The van der Waals surface area contributed by atoms with Crippen LogP contribution in [0.1, 0.15) is 25.8 Å². The van der Waals surface area contributed by atoms with Crippen molar-refractivity contribution >= 4 is 5.69 Å². The van der Waals surface area contributed by atoms with Crippen molar-refractivity contribution in [1.29, 1.82) is 0 Å². The zero-order valence-corrected chi connectivity index (χ0v) is 10.0. The van der Waals surface area contributed by atoms with Gasteiger partial charge in [0.25, 0.3) is 0 Å². The Kier molecular flexibility index (Phi) is 5.37. The molecule has 2 heteroatoms. The quantitative estimate of drug-likeness (QED) is 0.740. The first-order valence-corrected chi connectivity index (χ1v) is 5.69. The molecular formula is C14H20N2. The van der Waals surface area contributed by atoms with Gasteiger partial charge in [-0.2, -0.15) is 0 Å². The van der Waals surface area contributed by atoms with Crippen LogP contribution in [-0.2, 0) is 6.54 Å². The summed E-state index contributed by atoms with van der Waals surface area (Å²) in [7, 11) is 0. The van der Waals surface area contributed by atoms with Gasteiger partial charge in [-0.05, 0) is 37.1 Å². The summed E-state index contributed by atoms with van der Waals surface area (Å²) in [6, 6.07) is 8.18. The molecule has 0 atom stereocenters. The van der Waals surface area contributed by atoms with Gasteiger partial charge in [-0.25, -0.2) is 0 Å². The van der Waals surface area contributed by atoms with E-state index in [1.165, 1.54) is 0 Å². The van der Waals surface area contributed by atoms with E-state index in [1.54, 1.807) is 0 Å². The summed E-state index contributed by atoms with van der Waals surface area (Å²) in [5.41, 5.74) is 8.90. The van der Waals surface area contributed by atoms with Crippen molar-refractivity contribution in [1.82, 2.24) is 0 Å². The SMILES string of the molecule is C/C=C(\C=C/CC)Nc1ccc(CN)cc1. The van der Waals surface area contributed by atoms with E-state index >= 15 is 0 Å². The third-order valence-electron chi connectivity index (χ3n) is 2.32. The number of hydrogen-bond acceptors (Lipinski definition) is 2. The van der Waals surface area contributed by atoms with Crippen LogP contribution in [0.3, 0.4) is 0 Å². The van der Waals surface area contributed by atoms with E-state index in [2.05, 4.69) is 30.5 Å². The van der Waals surface area contributed by atoms with E-state index in [4.69, 9.17) is 5.73 Å². The molecule has 0 unspecified atom stereocenters. The Morgan fingerprint density at radius 1 is 1.31 bits per heavy atom. The second kappa shape index (κ2) is 6.85. The van der Waals surface area contributed by atoms with Gasteiger partial charge in [0.2, 0.25) is 0 Å². The zero-order valence-electron chi connectivity index (χ0n) is 10.0. The fourth-order valence-corrected chi connectivity index (χ4v) is 1.35. The van der Waals surface area contributed by atoms with Crippen molar-refractivity contribution < 1.29 is 0 Å². The van der Waals surface area contributed by atoms with Crippen LogP contribution in [0.25, 0.3) is 0 Å². The third-order valence-corrected chi connectivity index (χ3v) is 2.32. The van der Waals surface area contributed by atoms with Crippen LogP contribution in [-0.4, -0.2) is 0 Å². The molecular weight excluding hydrogens is 196 g/mol. The van der Waals surface area contributed by atoms with Gasteiger partial charge in [-0.3, -0.25) is 0 Å². The van der Waals surface area contributed by atoms with E-state index in [1.807, 2.05) is 31.2 Å². The number of benzene rings is 1. The Hall–Kier alpha value is -1.54. The predicted molar refractivity (Wildman–Crippen MR) is 71.1 cm³/mol. The van der Waals surface area contributed by atoms with E-state index in [0.717, 1.165) is 23.4 Å². The fraction of sp³-hybridized carbons (Fsp3) is 0.286. The second-order valence-electron chi connectivity index (χ2n) is 3.58. The third kappa shape index (κ3) is 3.91. The number of allylic oxidation sites excluding steroid dienone is 3. The molecule has 86 valence electrons. The number of nitrogens with one attached hydrogen (secondary N) is 1. The summed E-state index contributed by atoms with van der Waals surface area (Å²) in [6.45, 7) is 4.74. The highest BCUT2D eigenvalue weighted by Crippen LogP contribution is 2.12. The highest BCUT2D eigenvalue weighted by molar-refractivity contribution is 5.51. The Bertz CT molecular complexity index is 361. The molecule has 0 aliphatic rings. The molecule has 3 N–H and O–H groups in total. The first-order valence-electron chi connectivity index (χ1n) is 5.69. The average Bonchev–Trinajstić information content (AvgIpc) is 2.35. The lowest BCUT2D eigenvalue weighted by atomic mass is 10.2. The van der Waals surface area contributed by atoms with Gasteiger partial charge in [0.05, 0.1) is 0 Å². The molecule has 0 radical (unpaired) electrons. The average molecular weight is 216 g/mol. The van der Waals surface area contributed by atoms with Crippen LogP contribution in [0.2, 0.25) is 0 Å². The molecule has 1 rings (SSSR count). The minimum Gasteiger partial charge on any atom is -0.356 e. The van der Waals surface area contributed by atoms with E-state index in [9.17, 15) is 0 Å². The van der Waals surface area contributed by atoms with Crippen molar-refractivity contribution in [2.75, 3.05) is 5.32 Å². The van der Waals surface area contributed by atoms with Gasteiger partial charge in [0.1, 0.15) is 0 Å². The largest absolute Gasteiger partial charge is 0.356 e. The molecule has 0 aliphatic carbocycles. The van der Waals surface area contributed by atoms with E-state index in [0.29, 0.717) is 6.54 Å². The summed E-state index contributed by atoms with van der Waals surface area (Å²) in [5, 5.41) is 3.35. The van der Waals surface area contributed by atoms with Crippen molar-refractivity contribution in [3.8, 4) is 0 Å². The van der Waals surface area contributed by atoms with Gasteiger partial charge in [0, 0.05) is 17.9 Å². The first kappa shape index (κ1) is 12.5. The fourth-order valence-electron chi connectivity index (χ4n) is 1.35. The first-order chi connectivity index (χ1) is 7.80. The number of anilines is 1. The van der Waals surface area contributed by atoms with E-state index in [-0.39, 0.29) is 0 Å². The predicted octanol–water partition coefficient (Wildman–Crippen LogP) is 3.43. The van der Waals surface area contributed by atoms with Gasteiger partial charge in [-0.1, -0.05) is 31.2 Å². The molecule has 0 saturated heterocycles. The number of nitrogens with two attached hydrogens (primary N) is 1. The molecule has 0 fully saturated rings. The summed E-state index contributed by atoms with van der Waals surface area (Å²) in [6.07, 6.45) is 7.33. The van der Waals surface area contributed by atoms with Crippen molar-refractivity contribution in [2.45, 2.75) is 26.8 Å². The molecule has 16 heavy (non-hydrogen) atoms. The van der Waals surface area contributed by atoms with Gasteiger partial charge >= 0.3 is 0 Å². The number of hydrogen-bond donors (Lipinski definition) is 2. The van der Waals surface area contributed by atoms with Crippen LogP contribution < -0.4 is 11.1 Å². The van der Waals surface area contributed by atoms with E-state index < -0.39 is 0 Å². The molecule has 0 bridgehead atoms. The summed E-state index contributed by atoms with van der Waals surface area (Å²) < 4.78 is 0. The molecule has 1 aromatic rings. The van der Waals surface area contributed by atoms with Crippen molar-refractivity contribution in [2.24, 2.45) is 5.73 Å². The minimum absolute atomic E-state index is 0.590. The lowest BCUT2D eigenvalue weighted by Gasteiger charge is -2.07. The molecule has 1 aromatic carbocycles. The second-order valence-corrected chi connectivity index (χ2v) is 3.58. The van der Waals surface area contributed by atoms with Crippen molar-refractivity contribution in [3.05, 3.63) is 53.8 Å². The summed E-state index contributed by atoms with van der Waals surface area (Å²) in [4.78, 5) is 0. The maximum Gasteiger partial charge on any atom is 0.0384 e. The molecule has 0 saturated carbocycles. The number of rotatable bonds is 5. The monoisotopic (exact) mass is 216 g/mol. The Morgan fingerprint density at radius 3 is 2.50 bits per heavy atom. The maximum atomic E-state index is 5.55. The van der Waals surface area contributed by atoms with Gasteiger partial charge in [0.15, 0.2) is 0 Å². The summed E-state index contributed by atoms with van der Waals surface area (Å²) in [5.74, 6) is 0. The van der Waals surface area contributed by atoms with Gasteiger partial charge < -0.3 is 11.1 Å². The highest BCUT2D eigenvalue weighted by Gasteiger charge is 1.94. The van der Waals surface area contributed by atoms with Crippen LogP contribution in [0.5, 0.6) is 0 Å². The van der Waals surface area contributed by atoms with Crippen LogP contribution in [0, 0.1) is 0 Å². The molecule has 2 nitrogen and oxygen atoms in total. The lowest BCUT2D eigenvalue weighted by Crippen LogP contribution is -1.98. The Labute approximate surface area is 97.9 Å². The van der Waals surface area contributed by atoms with Crippen molar-refractivity contribution in [3.63, 3.8) is 0 Å². The molecule has 0 spiro atoms. The Balaban J connectivity index is 2.67.